The Morgan fingerprint density at radius 3 is 2.90 bits per heavy atom. The Bertz CT molecular complexity index is 610. The van der Waals surface area contributed by atoms with Crippen LogP contribution in [0.5, 0.6) is 0 Å². The van der Waals surface area contributed by atoms with Gasteiger partial charge in [-0.25, -0.2) is 9.59 Å². The summed E-state index contributed by atoms with van der Waals surface area (Å²) in [7, 11) is 1.62. The third kappa shape index (κ3) is 3.35. The van der Waals surface area contributed by atoms with Gasteiger partial charge in [0.1, 0.15) is 0 Å². The summed E-state index contributed by atoms with van der Waals surface area (Å²) in [5.41, 5.74) is 1.20. The van der Waals surface area contributed by atoms with Crippen molar-refractivity contribution in [3.8, 4) is 0 Å². The average molecular weight is 275 g/mol. The highest BCUT2D eigenvalue weighted by Gasteiger charge is 2.11. The van der Waals surface area contributed by atoms with Gasteiger partial charge in [0.05, 0.1) is 36.5 Å². The monoisotopic (exact) mass is 275 g/mol. The first-order valence-corrected chi connectivity index (χ1v) is 5.78. The Morgan fingerprint density at radius 1 is 1.45 bits per heavy atom. The molecule has 104 valence electrons. The van der Waals surface area contributed by atoms with E-state index in [0.29, 0.717) is 12.2 Å². The van der Waals surface area contributed by atoms with Crippen molar-refractivity contribution in [2.45, 2.75) is 6.54 Å². The Morgan fingerprint density at radius 2 is 2.25 bits per heavy atom. The van der Waals surface area contributed by atoms with Gasteiger partial charge in [-0.2, -0.15) is 0 Å². The lowest BCUT2D eigenvalue weighted by Crippen LogP contribution is -2.30. The van der Waals surface area contributed by atoms with Crippen LogP contribution in [0.3, 0.4) is 0 Å². The summed E-state index contributed by atoms with van der Waals surface area (Å²) >= 11 is 0. The second-order valence-corrected chi connectivity index (χ2v) is 4.19. The molecule has 0 aliphatic heterocycles. The number of carbonyl (C=O) groups is 2. The zero-order chi connectivity index (χ0) is 14.5. The number of urea groups is 1. The Kier molecular flexibility index (Phi) is 3.99. The van der Waals surface area contributed by atoms with Crippen molar-refractivity contribution in [3.05, 3.63) is 48.2 Å². The molecule has 2 aromatic rings. The standard InChI is InChI=1S/C13H13N3O4/c1-16(7-9-2-3-20-8-9)13(19)15-11-4-10(12(17)18)5-14-6-11/h2-6,8H,7H2,1H3,(H,15,19)(H,17,18). The van der Waals surface area contributed by atoms with Crippen LogP contribution in [0.25, 0.3) is 0 Å². The van der Waals surface area contributed by atoms with Crippen molar-refractivity contribution in [1.29, 1.82) is 0 Å². The molecule has 2 heterocycles. The van der Waals surface area contributed by atoms with Gasteiger partial charge >= 0.3 is 12.0 Å². The normalized spacial score (nSPS) is 10.1. The molecule has 0 aromatic carbocycles. The first-order valence-electron chi connectivity index (χ1n) is 5.78. The molecular formula is C13H13N3O4. The maximum absolute atomic E-state index is 11.9. The number of aromatic nitrogens is 1. The smallest absolute Gasteiger partial charge is 0.337 e. The van der Waals surface area contributed by atoms with Crippen molar-refractivity contribution >= 4 is 17.7 Å². The molecule has 2 N–H and O–H groups in total. The van der Waals surface area contributed by atoms with Gasteiger partial charge in [0.15, 0.2) is 0 Å². The third-order valence-electron chi connectivity index (χ3n) is 2.58. The van der Waals surface area contributed by atoms with E-state index in [-0.39, 0.29) is 11.6 Å². The summed E-state index contributed by atoms with van der Waals surface area (Å²) in [6.07, 6.45) is 5.68. The topological polar surface area (TPSA) is 95.7 Å². The minimum Gasteiger partial charge on any atom is -0.478 e. The number of furan rings is 1. The van der Waals surface area contributed by atoms with E-state index in [0.717, 1.165) is 5.56 Å². The maximum Gasteiger partial charge on any atom is 0.337 e. The van der Waals surface area contributed by atoms with Crippen LogP contribution in [0, 0.1) is 0 Å². The van der Waals surface area contributed by atoms with Crippen molar-refractivity contribution in [3.63, 3.8) is 0 Å². The summed E-state index contributed by atoms with van der Waals surface area (Å²) in [6, 6.07) is 2.74. The number of pyridine rings is 1. The van der Waals surface area contributed by atoms with E-state index < -0.39 is 5.97 Å². The molecule has 0 aliphatic rings. The molecule has 0 unspecified atom stereocenters. The SMILES string of the molecule is CN(Cc1ccoc1)C(=O)Nc1cncc(C(=O)O)c1. The molecule has 7 heteroatoms. The van der Waals surface area contributed by atoms with Gasteiger partial charge in [0.25, 0.3) is 0 Å². The number of nitrogens with one attached hydrogen (secondary N) is 1. The molecule has 2 amide bonds. The van der Waals surface area contributed by atoms with Gasteiger partial charge < -0.3 is 19.7 Å². The van der Waals surface area contributed by atoms with Crippen LogP contribution in [0.2, 0.25) is 0 Å². The number of amides is 2. The Hall–Kier alpha value is -2.83. The fourth-order valence-electron chi connectivity index (χ4n) is 1.57. The number of carboxylic acid groups (broad SMARTS) is 1. The minimum absolute atomic E-state index is 0.0142. The van der Waals surface area contributed by atoms with Crippen LogP contribution in [-0.4, -0.2) is 34.0 Å². The van der Waals surface area contributed by atoms with Gasteiger partial charge in [-0.1, -0.05) is 0 Å². The number of carboxylic acids is 1. The Balaban J connectivity index is 2.00. The van der Waals surface area contributed by atoms with E-state index in [1.807, 2.05) is 0 Å². The molecule has 7 nitrogen and oxygen atoms in total. The van der Waals surface area contributed by atoms with E-state index in [1.165, 1.54) is 29.6 Å². The Labute approximate surface area is 114 Å². The quantitative estimate of drug-likeness (QED) is 0.890. The highest BCUT2D eigenvalue weighted by atomic mass is 16.4. The maximum atomic E-state index is 11.9. The van der Waals surface area contributed by atoms with Gasteiger partial charge in [-0.15, -0.1) is 0 Å². The predicted molar refractivity (Wildman–Crippen MR) is 70.4 cm³/mol. The van der Waals surface area contributed by atoms with E-state index in [1.54, 1.807) is 19.4 Å². The molecule has 20 heavy (non-hydrogen) atoms. The molecule has 0 fully saturated rings. The number of anilines is 1. The summed E-state index contributed by atoms with van der Waals surface area (Å²) in [5.74, 6) is -1.10. The zero-order valence-electron chi connectivity index (χ0n) is 10.7. The van der Waals surface area contributed by atoms with Crippen LogP contribution < -0.4 is 5.32 Å². The number of carbonyl (C=O) groups excluding carboxylic acids is 1. The first-order chi connectivity index (χ1) is 9.56. The summed E-state index contributed by atoms with van der Waals surface area (Å²) < 4.78 is 4.92. The van der Waals surface area contributed by atoms with Gasteiger partial charge in [-0.3, -0.25) is 4.98 Å². The van der Waals surface area contributed by atoms with Crippen LogP contribution in [0.15, 0.2) is 41.5 Å². The summed E-state index contributed by atoms with van der Waals surface area (Å²) in [6.45, 7) is 0.383. The summed E-state index contributed by atoms with van der Waals surface area (Å²) in [5, 5.41) is 11.4. The van der Waals surface area contributed by atoms with Crippen LogP contribution in [-0.2, 0) is 6.54 Å². The van der Waals surface area contributed by atoms with Crippen LogP contribution >= 0.6 is 0 Å². The van der Waals surface area contributed by atoms with Crippen LogP contribution in [0.4, 0.5) is 10.5 Å². The molecule has 2 aromatic heterocycles. The number of nitrogens with zero attached hydrogens (tertiary/aromatic N) is 2. The van der Waals surface area contributed by atoms with E-state index in [4.69, 9.17) is 9.52 Å². The molecule has 0 saturated heterocycles. The predicted octanol–water partition coefficient (Wildman–Crippen LogP) is 2.04. The largest absolute Gasteiger partial charge is 0.478 e. The van der Waals surface area contributed by atoms with E-state index >= 15 is 0 Å². The van der Waals surface area contributed by atoms with Gasteiger partial charge in [-0.05, 0) is 12.1 Å². The average Bonchev–Trinajstić information content (AvgIpc) is 2.91. The lowest BCUT2D eigenvalue weighted by atomic mass is 10.2. The van der Waals surface area contributed by atoms with Crippen LogP contribution in [0.1, 0.15) is 15.9 Å². The number of aromatic carboxylic acids is 1. The molecular weight excluding hydrogens is 262 g/mol. The van der Waals surface area contributed by atoms with Gasteiger partial charge in [0, 0.05) is 18.8 Å². The third-order valence-corrected chi connectivity index (χ3v) is 2.58. The fraction of sp³-hybridized carbons (Fsp3) is 0.154. The molecule has 0 atom stereocenters. The second kappa shape index (κ2) is 5.87. The van der Waals surface area contributed by atoms with E-state index in [2.05, 4.69) is 10.3 Å². The highest BCUT2D eigenvalue weighted by molar-refractivity contribution is 5.92. The molecule has 0 saturated carbocycles. The number of rotatable bonds is 4. The summed E-state index contributed by atoms with van der Waals surface area (Å²) in [4.78, 5) is 27.9. The van der Waals surface area contributed by atoms with Crippen molar-refractivity contribution in [1.82, 2.24) is 9.88 Å². The van der Waals surface area contributed by atoms with Crippen molar-refractivity contribution < 1.29 is 19.1 Å². The first kappa shape index (κ1) is 13.6. The molecule has 2 rings (SSSR count). The van der Waals surface area contributed by atoms with E-state index in [9.17, 15) is 9.59 Å². The molecule has 0 radical (unpaired) electrons. The zero-order valence-corrected chi connectivity index (χ0v) is 10.7. The van der Waals surface area contributed by atoms with Crippen molar-refractivity contribution in [2.75, 3.05) is 12.4 Å². The highest BCUT2D eigenvalue weighted by Crippen LogP contribution is 2.10. The minimum atomic E-state index is -1.10. The second-order valence-electron chi connectivity index (χ2n) is 4.19. The molecule has 0 spiro atoms. The molecule has 0 aliphatic carbocycles. The lowest BCUT2D eigenvalue weighted by Gasteiger charge is -2.17. The van der Waals surface area contributed by atoms with Crippen molar-refractivity contribution in [2.24, 2.45) is 0 Å². The number of hydrogen-bond donors (Lipinski definition) is 2. The fourth-order valence-corrected chi connectivity index (χ4v) is 1.57. The van der Waals surface area contributed by atoms with Gasteiger partial charge in [0.2, 0.25) is 0 Å². The number of hydrogen-bond acceptors (Lipinski definition) is 4. The molecule has 0 bridgehead atoms. The lowest BCUT2D eigenvalue weighted by molar-refractivity contribution is 0.0696.